The lowest BCUT2D eigenvalue weighted by atomic mass is 10.1. The molecule has 0 bridgehead atoms. The zero-order valence-corrected chi connectivity index (χ0v) is 14.7. The molecule has 1 amide bonds. The van der Waals surface area contributed by atoms with Crippen molar-refractivity contribution in [2.24, 2.45) is 4.99 Å². The van der Waals surface area contributed by atoms with Gasteiger partial charge in [-0.05, 0) is 33.1 Å². The van der Waals surface area contributed by atoms with Crippen molar-refractivity contribution in [1.82, 2.24) is 5.32 Å². The molecule has 0 aromatic rings. The van der Waals surface area contributed by atoms with Crippen LogP contribution in [-0.2, 0) is 4.79 Å². The predicted octanol–water partition coefficient (Wildman–Crippen LogP) is 3.29. The van der Waals surface area contributed by atoms with Crippen molar-refractivity contribution in [2.75, 3.05) is 32.7 Å². The standard InChI is InChI=1S/C18H33N3O/c1-4-6-7-8-9-10-11-12-18-20-14-16-21(18,5-2)15-13-19-17(3)22/h4,6H,5,7-16H2,1-3H3/p+1/b6-4+. The first-order valence-corrected chi connectivity index (χ1v) is 8.90. The van der Waals surface area contributed by atoms with Crippen LogP contribution in [0.25, 0.3) is 0 Å². The van der Waals surface area contributed by atoms with Gasteiger partial charge in [-0.2, -0.15) is 0 Å². The summed E-state index contributed by atoms with van der Waals surface area (Å²) in [6.07, 6.45) is 11.9. The quantitative estimate of drug-likeness (QED) is 0.355. The number of likely N-dealkylation sites (N-methyl/N-ethyl adjacent to an activating group) is 1. The Bertz CT molecular complexity index is 390. The molecule has 1 atom stereocenters. The minimum absolute atomic E-state index is 0.0630. The number of rotatable bonds is 11. The number of hydrogen-bond acceptors (Lipinski definition) is 2. The van der Waals surface area contributed by atoms with Gasteiger partial charge in [-0.3, -0.25) is 9.28 Å². The van der Waals surface area contributed by atoms with Gasteiger partial charge in [0, 0.05) is 13.3 Å². The fraction of sp³-hybridized carbons (Fsp3) is 0.778. The molecule has 4 nitrogen and oxygen atoms in total. The molecule has 1 heterocycles. The number of hydrogen-bond donors (Lipinski definition) is 1. The molecule has 0 saturated carbocycles. The number of carbonyl (C=O) groups excluding carboxylic acids is 1. The van der Waals surface area contributed by atoms with Crippen molar-refractivity contribution in [3.8, 4) is 0 Å². The molecule has 0 aromatic carbocycles. The molecule has 4 heteroatoms. The molecular weight excluding hydrogens is 274 g/mol. The highest BCUT2D eigenvalue weighted by Crippen LogP contribution is 2.19. The first kappa shape index (κ1) is 18.9. The van der Waals surface area contributed by atoms with Crippen LogP contribution >= 0.6 is 0 Å². The summed E-state index contributed by atoms with van der Waals surface area (Å²) in [7, 11) is 0. The molecule has 1 unspecified atom stereocenters. The smallest absolute Gasteiger partial charge is 0.217 e. The maximum atomic E-state index is 11.1. The van der Waals surface area contributed by atoms with Crippen LogP contribution in [0.4, 0.5) is 0 Å². The number of amidine groups is 1. The minimum Gasteiger partial charge on any atom is -0.351 e. The number of nitrogens with one attached hydrogen (secondary N) is 1. The number of unbranched alkanes of at least 4 members (excludes halogenated alkanes) is 4. The maximum absolute atomic E-state index is 11.1. The van der Waals surface area contributed by atoms with Gasteiger partial charge in [-0.1, -0.05) is 25.0 Å². The Hall–Kier alpha value is -1.16. The van der Waals surface area contributed by atoms with E-state index in [1.165, 1.54) is 37.9 Å². The van der Waals surface area contributed by atoms with Gasteiger partial charge < -0.3 is 5.32 Å². The number of allylic oxidation sites excluding steroid dienone is 2. The number of carbonyl (C=O) groups is 1. The zero-order chi connectivity index (χ0) is 16.3. The van der Waals surface area contributed by atoms with Crippen LogP contribution in [0.3, 0.4) is 0 Å². The van der Waals surface area contributed by atoms with Gasteiger partial charge in [-0.25, -0.2) is 4.99 Å². The summed E-state index contributed by atoms with van der Waals surface area (Å²) in [5, 5.41) is 2.93. The van der Waals surface area contributed by atoms with Gasteiger partial charge in [0.1, 0.15) is 13.1 Å². The second-order valence-electron chi connectivity index (χ2n) is 6.21. The average molecular weight is 308 g/mol. The highest BCUT2D eigenvalue weighted by molar-refractivity contribution is 5.77. The van der Waals surface area contributed by atoms with E-state index in [1.807, 2.05) is 0 Å². The van der Waals surface area contributed by atoms with Crippen molar-refractivity contribution in [2.45, 2.75) is 59.3 Å². The van der Waals surface area contributed by atoms with Crippen molar-refractivity contribution in [3.63, 3.8) is 0 Å². The lowest BCUT2D eigenvalue weighted by Crippen LogP contribution is -2.54. The molecule has 0 fully saturated rings. The summed E-state index contributed by atoms with van der Waals surface area (Å²) in [5.74, 6) is 1.43. The van der Waals surface area contributed by atoms with Crippen LogP contribution < -0.4 is 5.32 Å². The van der Waals surface area contributed by atoms with Crippen LogP contribution in [-0.4, -0.2) is 48.9 Å². The van der Waals surface area contributed by atoms with E-state index in [4.69, 9.17) is 4.99 Å². The molecule has 1 aliphatic rings. The first-order chi connectivity index (χ1) is 10.6. The van der Waals surface area contributed by atoms with Crippen molar-refractivity contribution in [3.05, 3.63) is 12.2 Å². The molecule has 126 valence electrons. The highest BCUT2D eigenvalue weighted by atomic mass is 16.1. The van der Waals surface area contributed by atoms with Gasteiger partial charge in [0.2, 0.25) is 5.91 Å². The van der Waals surface area contributed by atoms with E-state index in [1.54, 1.807) is 6.92 Å². The lowest BCUT2D eigenvalue weighted by molar-refractivity contribution is -0.833. The predicted molar refractivity (Wildman–Crippen MR) is 94.0 cm³/mol. The number of nitrogens with zero attached hydrogens (tertiary/aromatic N) is 2. The summed E-state index contributed by atoms with van der Waals surface area (Å²) in [4.78, 5) is 15.8. The summed E-state index contributed by atoms with van der Waals surface area (Å²) >= 11 is 0. The van der Waals surface area contributed by atoms with Crippen LogP contribution in [0.2, 0.25) is 0 Å². The van der Waals surface area contributed by atoms with Gasteiger partial charge in [0.15, 0.2) is 5.84 Å². The third-order valence-electron chi connectivity index (χ3n) is 4.65. The van der Waals surface area contributed by atoms with E-state index in [-0.39, 0.29) is 5.91 Å². The molecular formula is C18H34N3O+. The van der Waals surface area contributed by atoms with E-state index in [0.29, 0.717) is 0 Å². The van der Waals surface area contributed by atoms with Gasteiger partial charge in [-0.15, -0.1) is 0 Å². The van der Waals surface area contributed by atoms with Gasteiger partial charge in [0.05, 0.1) is 19.6 Å². The Kier molecular flexibility index (Phi) is 9.05. The SMILES string of the molecule is C/C=C/CCCCCCC1=NCC[N+]1(CC)CCNC(C)=O. The Labute approximate surface area is 136 Å². The molecule has 0 spiro atoms. The maximum Gasteiger partial charge on any atom is 0.217 e. The van der Waals surface area contributed by atoms with Crippen LogP contribution in [0.15, 0.2) is 17.1 Å². The van der Waals surface area contributed by atoms with Crippen LogP contribution in [0, 0.1) is 0 Å². The zero-order valence-electron chi connectivity index (χ0n) is 14.7. The number of amides is 1. The monoisotopic (exact) mass is 308 g/mol. The van der Waals surface area contributed by atoms with Crippen molar-refractivity contribution in [1.29, 1.82) is 0 Å². The second-order valence-corrected chi connectivity index (χ2v) is 6.21. The van der Waals surface area contributed by atoms with E-state index >= 15 is 0 Å². The summed E-state index contributed by atoms with van der Waals surface area (Å²) < 4.78 is 0.985. The fourth-order valence-corrected chi connectivity index (χ4v) is 3.22. The topological polar surface area (TPSA) is 41.5 Å². The van der Waals surface area contributed by atoms with Gasteiger partial charge >= 0.3 is 0 Å². The molecule has 22 heavy (non-hydrogen) atoms. The largest absolute Gasteiger partial charge is 0.351 e. The van der Waals surface area contributed by atoms with Crippen LogP contribution in [0.1, 0.15) is 59.3 Å². The Morgan fingerprint density at radius 2 is 2.09 bits per heavy atom. The number of aliphatic imine (C=N–C) groups is 1. The normalized spacial score (nSPS) is 21.3. The van der Waals surface area contributed by atoms with E-state index < -0.39 is 0 Å². The molecule has 1 N–H and O–H groups in total. The Morgan fingerprint density at radius 3 is 2.77 bits per heavy atom. The second kappa shape index (κ2) is 10.5. The molecule has 1 aliphatic heterocycles. The molecule has 0 aliphatic carbocycles. The summed E-state index contributed by atoms with van der Waals surface area (Å²) in [5.41, 5.74) is 0. The van der Waals surface area contributed by atoms with Crippen molar-refractivity contribution >= 4 is 11.7 Å². The molecule has 0 saturated heterocycles. The van der Waals surface area contributed by atoms with Gasteiger partial charge in [0.25, 0.3) is 0 Å². The first-order valence-electron chi connectivity index (χ1n) is 8.90. The third kappa shape index (κ3) is 6.30. The molecule has 1 rings (SSSR count). The Morgan fingerprint density at radius 1 is 1.32 bits per heavy atom. The minimum atomic E-state index is 0.0630. The average Bonchev–Trinajstić information content (AvgIpc) is 2.89. The third-order valence-corrected chi connectivity index (χ3v) is 4.65. The van der Waals surface area contributed by atoms with E-state index in [2.05, 4.69) is 31.3 Å². The fourth-order valence-electron chi connectivity index (χ4n) is 3.22. The Balaban J connectivity index is 2.32. The van der Waals surface area contributed by atoms with Crippen molar-refractivity contribution < 1.29 is 9.28 Å². The van der Waals surface area contributed by atoms with Crippen LogP contribution in [0.5, 0.6) is 0 Å². The molecule has 0 aromatic heterocycles. The van der Waals surface area contributed by atoms with E-state index in [9.17, 15) is 4.79 Å². The lowest BCUT2D eigenvalue weighted by Gasteiger charge is -2.33. The van der Waals surface area contributed by atoms with E-state index in [0.717, 1.165) is 43.6 Å². The molecule has 0 radical (unpaired) electrons. The number of quaternary nitrogens is 1. The highest BCUT2D eigenvalue weighted by Gasteiger charge is 2.35. The summed E-state index contributed by atoms with van der Waals surface area (Å²) in [6.45, 7) is 10.8. The summed E-state index contributed by atoms with van der Waals surface area (Å²) in [6, 6.07) is 0.